The molecule has 6 heteroatoms. The van der Waals surface area contributed by atoms with Crippen LogP contribution >= 0.6 is 0 Å². The number of nitrogens with two attached hydrogens (primary N) is 1. The first-order valence-corrected chi connectivity index (χ1v) is 8.01. The van der Waals surface area contributed by atoms with E-state index in [1.807, 2.05) is 0 Å². The first kappa shape index (κ1) is 13.2. The minimum atomic E-state index is -1.57. The third-order valence-corrected chi connectivity index (χ3v) is 7.24. The maximum absolute atomic E-state index is 12.4. The van der Waals surface area contributed by atoms with E-state index in [0.717, 1.165) is 19.3 Å². The number of hydrogen-bond donors (Lipinski definition) is 4. The van der Waals surface area contributed by atoms with Crippen molar-refractivity contribution in [3.05, 3.63) is 12.2 Å². The van der Waals surface area contributed by atoms with E-state index in [4.69, 9.17) is 15.9 Å². The lowest BCUT2D eigenvalue weighted by Gasteiger charge is -2.41. The Morgan fingerprint density at radius 3 is 2.91 bits per heavy atom. The normalized spacial score (nSPS) is 61.1. The van der Waals surface area contributed by atoms with Gasteiger partial charge in [-0.15, -0.1) is 0 Å². The molecule has 6 nitrogen and oxygen atoms in total. The molecule has 5 aliphatic rings. The summed E-state index contributed by atoms with van der Waals surface area (Å²) in [6.07, 6.45) is 4.42. The Labute approximate surface area is 127 Å². The lowest BCUT2D eigenvalue weighted by Crippen LogP contribution is -2.64. The van der Waals surface area contributed by atoms with E-state index in [9.17, 15) is 15.0 Å². The minimum absolute atomic E-state index is 0.0165. The van der Waals surface area contributed by atoms with Crippen LogP contribution in [0.25, 0.3) is 0 Å². The molecular weight excluding hydrogens is 284 g/mol. The number of carbonyl (C=O) groups excluding carboxylic acids is 1. The average Bonchev–Trinajstić information content (AvgIpc) is 2.93. The van der Waals surface area contributed by atoms with Crippen LogP contribution in [0.4, 0.5) is 0 Å². The van der Waals surface area contributed by atoms with Gasteiger partial charge in [0, 0.05) is 17.0 Å². The minimum Gasteiger partial charge on any atom is -0.453 e. The van der Waals surface area contributed by atoms with Crippen LogP contribution in [0.15, 0.2) is 12.2 Å². The molecule has 5 rings (SSSR count). The van der Waals surface area contributed by atoms with Gasteiger partial charge in [0.25, 0.3) is 0 Å². The second-order valence-corrected chi connectivity index (χ2v) is 7.87. The summed E-state index contributed by atoms with van der Waals surface area (Å²) in [7, 11) is 0. The fourth-order valence-electron chi connectivity index (χ4n) is 6.36. The highest BCUT2D eigenvalue weighted by atomic mass is 16.6. The van der Waals surface area contributed by atoms with E-state index in [0.29, 0.717) is 12.1 Å². The van der Waals surface area contributed by atoms with Gasteiger partial charge in [-0.2, -0.15) is 0 Å². The molecule has 3 saturated carbocycles. The molecule has 8 atom stereocenters. The highest BCUT2D eigenvalue weighted by Gasteiger charge is 2.81. The van der Waals surface area contributed by atoms with Crippen LogP contribution in [-0.4, -0.2) is 45.2 Å². The number of ether oxygens (including phenoxy) is 1. The molecule has 118 valence electrons. The molecule has 1 saturated heterocycles. The second-order valence-electron chi connectivity index (χ2n) is 7.87. The molecule has 1 aliphatic heterocycles. The van der Waals surface area contributed by atoms with Gasteiger partial charge in [0.15, 0.2) is 5.54 Å². The third-order valence-electron chi connectivity index (χ3n) is 7.24. The Hall–Kier alpha value is -1.24. The van der Waals surface area contributed by atoms with Crippen LogP contribution in [0, 0.1) is 28.6 Å². The molecule has 0 aromatic rings. The number of carbonyl (C=O) groups is 1. The van der Waals surface area contributed by atoms with Crippen molar-refractivity contribution in [2.75, 3.05) is 0 Å². The molecule has 1 spiro atoms. The van der Waals surface area contributed by atoms with Crippen molar-refractivity contribution < 1.29 is 19.7 Å². The smallest absolute Gasteiger partial charge is 0.330 e. The number of aliphatic hydroxyl groups excluding tert-OH is 2. The summed E-state index contributed by atoms with van der Waals surface area (Å²) in [6.45, 7) is 0. The van der Waals surface area contributed by atoms with Gasteiger partial charge in [-0.1, -0.05) is 6.08 Å². The summed E-state index contributed by atoms with van der Waals surface area (Å²) in [5.74, 6) is -1.02. The Balaban J connectivity index is 1.74. The summed E-state index contributed by atoms with van der Waals surface area (Å²) in [5.41, 5.74) is 4.09. The predicted octanol–water partition coefficient (Wildman–Crippen LogP) is -0.273. The molecule has 1 heterocycles. The molecule has 22 heavy (non-hydrogen) atoms. The van der Waals surface area contributed by atoms with Crippen molar-refractivity contribution in [3.8, 4) is 0 Å². The highest BCUT2D eigenvalue weighted by Crippen LogP contribution is 2.71. The van der Waals surface area contributed by atoms with Crippen LogP contribution < -0.4 is 5.73 Å². The molecular formula is C16H20N2O4. The standard InChI is InChI=1S/C16H20N2O4/c17-8-6-14-5-7(8)1-2-9(14)15-4-3-10(19)16(18,13(21)22-15)11(15)12(14)20/h3-4,7,9-12,17,19-20H,1-2,5-6,18H2/t7-,9?,10+,11?,12?,14-,15-,16-/m1/s1. The van der Waals surface area contributed by atoms with Gasteiger partial charge in [0.05, 0.1) is 12.0 Å². The molecule has 4 bridgehead atoms. The van der Waals surface area contributed by atoms with Crippen molar-refractivity contribution in [3.63, 3.8) is 0 Å². The van der Waals surface area contributed by atoms with Gasteiger partial charge in [-0.3, -0.25) is 0 Å². The molecule has 3 unspecified atom stereocenters. The second kappa shape index (κ2) is 3.47. The summed E-state index contributed by atoms with van der Waals surface area (Å²) >= 11 is 0. The van der Waals surface area contributed by atoms with E-state index in [2.05, 4.69) is 0 Å². The molecule has 0 aromatic carbocycles. The van der Waals surface area contributed by atoms with Gasteiger partial charge in [0.2, 0.25) is 0 Å². The van der Waals surface area contributed by atoms with E-state index < -0.39 is 40.7 Å². The average molecular weight is 304 g/mol. The topological polar surface area (TPSA) is 117 Å². The number of fused-ring (bicyclic) bond motifs is 1. The van der Waals surface area contributed by atoms with E-state index >= 15 is 0 Å². The van der Waals surface area contributed by atoms with Gasteiger partial charge < -0.3 is 26.1 Å². The number of rotatable bonds is 0. The van der Waals surface area contributed by atoms with Crippen LogP contribution in [0.3, 0.4) is 0 Å². The molecule has 0 aromatic heterocycles. The maximum Gasteiger partial charge on any atom is 0.330 e. The van der Waals surface area contributed by atoms with Gasteiger partial charge in [0.1, 0.15) is 11.7 Å². The van der Waals surface area contributed by atoms with Crippen molar-refractivity contribution in [1.29, 1.82) is 5.41 Å². The quantitative estimate of drug-likeness (QED) is 0.363. The molecule has 4 fully saturated rings. The Morgan fingerprint density at radius 1 is 1.36 bits per heavy atom. The largest absolute Gasteiger partial charge is 0.453 e. The Bertz CT molecular complexity index is 648. The zero-order valence-corrected chi connectivity index (χ0v) is 12.2. The van der Waals surface area contributed by atoms with Gasteiger partial charge in [-0.05, 0) is 37.7 Å². The Morgan fingerprint density at radius 2 is 2.14 bits per heavy atom. The van der Waals surface area contributed by atoms with Crippen molar-refractivity contribution >= 4 is 11.7 Å². The molecule has 0 radical (unpaired) electrons. The maximum atomic E-state index is 12.4. The van der Waals surface area contributed by atoms with E-state index in [-0.39, 0.29) is 11.8 Å². The number of hydrogen-bond acceptors (Lipinski definition) is 6. The lowest BCUT2D eigenvalue weighted by atomic mass is 9.65. The fraction of sp³-hybridized carbons (Fsp3) is 0.750. The highest BCUT2D eigenvalue weighted by molar-refractivity contribution is 5.90. The summed E-state index contributed by atoms with van der Waals surface area (Å²) < 4.78 is 5.75. The Kier molecular flexibility index (Phi) is 2.09. The van der Waals surface area contributed by atoms with Crippen molar-refractivity contribution in [2.24, 2.45) is 28.9 Å². The zero-order valence-electron chi connectivity index (χ0n) is 12.2. The summed E-state index contributed by atoms with van der Waals surface area (Å²) in [4.78, 5) is 12.4. The molecule has 0 amide bonds. The first-order chi connectivity index (χ1) is 10.4. The first-order valence-electron chi connectivity index (χ1n) is 8.01. The summed E-state index contributed by atoms with van der Waals surface area (Å²) in [5, 5.41) is 29.6. The number of esters is 1. The SMILES string of the molecule is N=C1C[C@]23C[C@H]1CCC2[C@@]12C=C[C@H](O)[C@](N)(C(=O)O1)C2C3O. The molecule has 5 N–H and O–H groups in total. The number of nitrogens with one attached hydrogen (secondary N) is 1. The van der Waals surface area contributed by atoms with Gasteiger partial charge >= 0.3 is 5.97 Å². The van der Waals surface area contributed by atoms with Crippen LogP contribution in [-0.2, 0) is 9.53 Å². The third kappa shape index (κ3) is 1.06. The monoisotopic (exact) mass is 304 g/mol. The molecule has 4 aliphatic carbocycles. The van der Waals surface area contributed by atoms with Crippen LogP contribution in [0.2, 0.25) is 0 Å². The van der Waals surface area contributed by atoms with E-state index in [1.165, 1.54) is 0 Å². The lowest BCUT2D eigenvalue weighted by molar-refractivity contribution is -0.156. The van der Waals surface area contributed by atoms with E-state index in [1.54, 1.807) is 12.2 Å². The predicted molar refractivity (Wildman–Crippen MR) is 76.0 cm³/mol. The van der Waals surface area contributed by atoms with Gasteiger partial charge in [-0.25, -0.2) is 4.79 Å². The summed E-state index contributed by atoms with van der Waals surface area (Å²) in [6, 6.07) is 0. The zero-order chi connectivity index (χ0) is 15.5. The fourth-order valence-corrected chi connectivity index (χ4v) is 6.36. The van der Waals surface area contributed by atoms with Crippen molar-refractivity contribution in [2.45, 2.75) is 49.0 Å². The van der Waals surface area contributed by atoms with Crippen LogP contribution in [0.5, 0.6) is 0 Å². The van der Waals surface area contributed by atoms with Crippen molar-refractivity contribution in [1.82, 2.24) is 0 Å². The number of aliphatic hydroxyl groups is 2. The van der Waals surface area contributed by atoms with Crippen LogP contribution in [0.1, 0.15) is 25.7 Å².